The summed E-state index contributed by atoms with van der Waals surface area (Å²) in [5.41, 5.74) is 5.38. The fourth-order valence-electron chi connectivity index (χ4n) is 8.81. The van der Waals surface area contributed by atoms with Gasteiger partial charge in [0, 0.05) is 19.4 Å². The highest BCUT2D eigenvalue weighted by Crippen LogP contribution is 2.43. The van der Waals surface area contributed by atoms with Gasteiger partial charge in [-0.05, 0) is 38.5 Å². The van der Waals surface area contributed by atoms with Crippen LogP contribution in [0.3, 0.4) is 0 Å². The molecule has 0 aromatic carbocycles. The Labute approximate surface area is 415 Å². The Kier molecular flexibility index (Phi) is 53.1. The van der Waals surface area contributed by atoms with Gasteiger partial charge in [0.2, 0.25) is 0 Å². The summed E-state index contributed by atoms with van der Waals surface area (Å²) in [6, 6.07) is 0. The predicted octanol–water partition coefficient (Wildman–Crippen LogP) is 18.1. The lowest BCUT2D eigenvalue weighted by Crippen LogP contribution is -2.29. The summed E-state index contributed by atoms with van der Waals surface area (Å²) in [7, 11) is -4.38. The van der Waals surface area contributed by atoms with E-state index >= 15 is 0 Å². The van der Waals surface area contributed by atoms with Crippen molar-refractivity contribution in [2.24, 2.45) is 5.73 Å². The van der Waals surface area contributed by atoms with E-state index in [-0.39, 0.29) is 38.6 Å². The highest BCUT2D eigenvalue weighted by Gasteiger charge is 2.26. The first-order valence-corrected chi connectivity index (χ1v) is 30.7. The van der Waals surface area contributed by atoms with Gasteiger partial charge in [-0.2, -0.15) is 0 Å². The van der Waals surface area contributed by atoms with Gasteiger partial charge in [0.05, 0.1) is 13.2 Å². The van der Waals surface area contributed by atoms with Crippen LogP contribution >= 0.6 is 7.82 Å². The summed E-state index contributed by atoms with van der Waals surface area (Å²) in [6.45, 7) is 3.80. The maximum atomic E-state index is 12.7. The number of unbranched alkanes of at least 4 members (excludes halogenated alkanes) is 41. The molecule has 0 heterocycles. The summed E-state index contributed by atoms with van der Waals surface area (Å²) in [5, 5.41) is 0. The van der Waals surface area contributed by atoms with E-state index in [0.717, 1.165) is 38.5 Å². The first kappa shape index (κ1) is 65.8. The number of hydrogen-bond acceptors (Lipinski definition) is 8. The zero-order valence-corrected chi connectivity index (χ0v) is 45.3. The van der Waals surface area contributed by atoms with Crippen molar-refractivity contribution in [2.45, 2.75) is 315 Å². The van der Waals surface area contributed by atoms with Crippen LogP contribution in [0.15, 0.2) is 12.2 Å². The lowest BCUT2D eigenvalue weighted by atomic mass is 10.0. The summed E-state index contributed by atoms with van der Waals surface area (Å²) in [4.78, 5) is 35.2. The lowest BCUT2D eigenvalue weighted by Gasteiger charge is -2.19. The molecular weight excluding hydrogens is 858 g/mol. The number of allylic oxidation sites excluding steroid dienone is 2. The van der Waals surface area contributed by atoms with Crippen LogP contribution in [-0.4, -0.2) is 49.3 Å². The van der Waals surface area contributed by atoms with E-state index in [1.54, 1.807) is 0 Å². The van der Waals surface area contributed by atoms with Gasteiger partial charge < -0.3 is 20.1 Å². The first-order chi connectivity index (χ1) is 32.8. The van der Waals surface area contributed by atoms with Crippen molar-refractivity contribution in [3.05, 3.63) is 12.2 Å². The minimum absolute atomic E-state index is 0.0564. The van der Waals surface area contributed by atoms with Gasteiger partial charge in [-0.3, -0.25) is 18.6 Å². The number of nitrogens with two attached hydrogens (primary N) is 1. The number of rotatable bonds is 56. The number of esters is 2. The Morgan fingerprint density at radius 1 is 0.433 bits per heavy atom. The summed E-state index contributed by atoms with van der Waals surface area (Å²) in [6.07, 6.45) is 61.3. The second-order valence-corrected chi connectivity index (χ2v) is 21.3. The van der Waals surface area contributed by atoms with Crippen LogP contribution in [-0.2, 0) is 32.7 Å². The van der Waals surface area contributed by atoms with Crippen LogP contribution < -0.4 is 5.73 Å². The molecule has 0 saturated heterocycles. The molecule has 0 amide bonds. The van der Waals surface area contributed by atoms with Crippen LogP contribution in [0.5, 0.6) is 0 Å². The molecule has 398 valence electrons. The fourth-order valence-corrected chi connectivity index (χ4v) is 9.58. The van der Waals surface area contributed by atoms with Crippen LogP contribution in [0, 0.1) is 0 Å². The molecule has 3 N–H and O–H groups in total. The minimum atomic E-state index is -4.38. The molecule has 2 unspecified atom stereocenters. The average molecular weight is 970 g/mol. The van der Waals surface area contributed by atoms with Crippen molar-refractivity contribution < 1.29 is 37.6 Å². The second kappa shape index (κ2) is 54.1. The fraction of sp³-hybridized carbons (Fsp3) is 0.930. The topological polar surface area (TPSA) is 134 Å². The summed E-state index contributed by atoms with van der Waals surface area (Å²) < 4.78 is 33.0. The molecule has 0 aromatic rings. The van der Waals surface area contributed by atoms with Gasteiger partial charge >= 0.3 is 19.8 Å². The predicted molar refractivity (Wildman–Crippen MR) is 284 cm³/mol. The quantitative estimate of drug-likeness (QED) is 0.0264. The molecule has 0 aliphatic carbocycles. The van der Waals surface area contributed by atoms with E-state index in [1.165, 1.54) is 238 Å². The molecule has 0 bridgehead atoms. The zero-order chi connectivity index (χ0) is 48.8. The number of ether oxygens (including phenoxy) is 2. The molecule has 0 saturated carbocycles. The monoisotopic (exact) mass is 970 g/mol. The lowest BCUT2D eigenvalue weighted by molar-refractivity contribution is -0.161. The molecule has 67 heavy (non-hydrogen) atoms. The molecule has 0 spiro atoms. The zero-order valence-electron chi connectivity index (χ0n) is 44.4. The van der Waals surface area contributed by atoms with Gasteiger partial charge in [0.1, 0.15) is 6.61 Å². The Bertz CT molecular complexity index is 1110. The largest absolute Gasteiger partial charge is 0.472 e. The van der Waals surface area contributed by atoms with E-state index in [9.17, 15) is 19.0 Å². The molecule has 2 atom stereocenters. The smallest absolute Gasteiger partial charge is 0.462 e. The van der Waals surface area contributed by atoms with Gasteiger partial charge in [-0.25, -0.2) is 4.57 Å². The van der Waals surface area contributed by atoms with E-state index in [1.807, 2.05) is 0 Å². The van der Waals surface area contributed by atoms with E-state index < -0.39 is 26.5 Å². The molecule has 10 heteroatoms. The van der Waals surface area contributed by atoms with Gasteiger partial charge in [0.25, 0.3) is 0 Å². The number of hydrogen-bond donors (Lipinski definition) is 2. The van der Waals surface area contributed by atoms with Crippen molar-refractivity contribution in [1.82, 2.24) is 0 Å². The van der Waals surface area contributed by atoms with E-state index in [2.05, 4.69) is 26.0 Å². The molecule has 0 rings (SSSR count). The van der Waals surface area contributed by atoms with Crippen LogP contribution in [0.2, 0.25) is 0 Å². The Morgan fingerprint density at radius 2 is 0.731 bits per heavy atom. The third kappa shape index (κ3) is 53.9. The third-order valence-corrected chi connectivity index (χ3v) is 14.1. The van der Waals surface area contributed by atoms with Gasteiger partial charge in [0.15, 0.2) is 6.10 Å². The highest BCUT2D eigenvalue weighted by atomic mass is 31.2. The van der Waals surface area contributed by atoms with Crippen molar-refractivity contribution in [3.8, 4) is 0 Å². The standard InChI is InChI=1S/C57H112NO8P/c1-3-5-7-9-11-13-15-17-19-21-23-24-25-26-27-28-29-30-32-33-35-37-39-41-43-45-47-49-56(59)63-53-55(54-65-67(61,62)64-52-51-58)66-57(60)50-48-46-44-42-40-38-36-34-31-22-20-18-16-14-12-10-8-6-4-2/h18,20,55H,3-17,19,21-54,58H2,1-2H3,(H,61,62)/b20-18-. The Morgan fingerprint density at radius 3 is 1.06 bits per heavy atom. The van der Waals surface area contributed by atoms with Gasteiger partial charge in [-0.1, -0.05) is 270 Å². The maximum Gasteiger partial charge on any atom is 0.472 e. The van der Waals surface area contributed by atoms with E-state index in [4.69, 9.17) is 24.3 Å². The molecular formula is C57H112NO8P. The van der Waals surface area contributed by atoms with Crippen molar-refractivity contribution in [1.29, 1.82) is 0 Å². The van der Waals surface area contributed by atoms with Crippen molar-refractivity contribution in [2.75, 3.05) is 26.4 Å². The number of carbonyl (C=O) groups excluding carboxylic acids is 2. The van der Waals surface area contributed by atoms with Crippen molar-refractivity contribution >= 4 is 19.8 Å². The van der Waals surface area contributed by atoms with E-state index in [0.29, 0.717) is 6.42 Å². The average Bonchev–Trinajstić information content (AvgIpc) is 3.32. The molecule has 0 aliphatic heterocycles. The molecule has 9 nitrogen and oxygen atoms in total. The van der Waals surface area contributed by atoms with Crippen LogP contribution in [0.1, 0.15) is 309 Å². The normalized spacial score (nSPS) is 13.1. The summed E-state index contributed by atoms with van der Waals surface area (Å²) in [5.74, 6) is -0.810. The molecule has 0 aromatic heterocycles. The third-order valence-electron chi connectivity index (χ3n) is 13.2. The number of phosphoric acid groups is 1. The van der Waals surface area contributed by atoms with Crippen molar-refractivity contribution in [3.63, 3.8) is 0 Å². The second-order valence-electron chi connectivity index (χ2n) is 19.9. The summed E-state index contributed by atoms with van der Waals surface area (Å²) >= 11 is 0. The molecule has 0 radical (unpaired) electrons. The Hall–Kier alpha value is -1.25. The maximum absolute atomic E-state index is 12.7. The molecule has 0 aliphatic rings. The van der Waals surface area contributed by atoms with Crippen LogP contribution in [0.25, 0.3) is 0 Å². The molecule has 0 fully saturated rings. The minimum Gasteiger partial charge on any atom is -0.462 e. The number of phosphoric ester groups is 1. The SMILES string of the molecule is CCCCCCCC/C=C\CCCCCCCCCCCC(=O)OC(COC(=O)CCCCCCCCCCCCCCCCCCCCCCCCCCCCC)COP(=O)(O)OCCN. The number of carbonyl (C=O) groups is 2. The van der Waals surface area contributed by atoms with Crippen LogP contribution in [0.4, 0.5) is 0 Å². The highest BCUT2D eigenvalue weighted by molar-refractivity contribution is 7.47. The first-order valence-electron chi connectivity index (χ1n) is 29.2. The van der Waals surface area contributed by atoms with Gasteiger partial charge in [-0.15, -0.1) is 0 Å². The Balaban J connectivity index is 3.89.